The van der Waals surface area contributed by atoms with E-state index in [1.54, 1.807) is 24.3 Å². The van der Waals surface area contributed by atoms with Gasteiger partial charge in [0.15, 0.2) is 5.78 Å². The molecule has 1 N–H and O–H groups in total. The maximum atomic E-state index is 12.3. The van der Waals surface area contributed by atoms with Crippen LogP contribution in [0.25, 0.3) is 0 Å². The molecule has 0 heterocycles. The van der Waals surface area contributed by atoms with E-state index in [1.165, 1.54) is 18.7 Å². The minimum absolute atomic E-state index is 0.0480. The number of aryl methyl sites for hydroxylation is 1. The highest BCUT2D eigenvalue weighted by Gasteiger charge is 2.15. The number of carbonyl (C=O) groups is 3. The van der Waals surface area contributed by atoms with Crippen LogP contribution in [0.1, 0.15) is 35.3 Å². The number of ketones is 1. The van der Waals surface area contributed by atoms with Crippen molar-refractivity contribution in [2.45, 2.75) is 27.3 Å². The fraction of sp³-hybridized carbons (Fsp3) is 0.250. The molecule has 25 heavy (non-hydrogen) atoms. The molecule has 5 nitrogen and oxygen atoms in total. The zero-order chi connectivity index (χ0) is 18.4. The lowest BCUT2D eigenvalue weighted by atomic mass is 10.1. The average molecular weight is 338 g/mol. The third-order valence-corrected chi connectivity index (χ3v) is 3.79. The summed E-state index contributed by atoms with van der Waals surface area (Å²) in [6.07, 6.45) is 0. The minimum atomic E-state index is -0.302. The van der Waals surface area contributed by atoms with Crippen molar-refractivity contribution in [3.63, 3.8) is 0 Å². The van der Waals surface area contributed by atoms with E-state index in [9.17, 15) is 14.4 Å². The molecule has 0 saturated heterocycles. The van der Waals surface area contributed by atoms with Crippen molar-refractivity contribution in [2.24, 2.45) is 0 Å². The molecule has 0 aromatic heterocycles. The molecule has 0 unspecified atom stereocenters. The van der Waals surface area contributed by atoms with E-state index in [-0.39, 0.29) is 24.1 Å². The van der Waals surface area contributed by atoms with Gasteiger partial charge in [-0.2, -0.15) is 0 Å². The van der Waals surface area contributed by atoms with E-state index in [2.05, 4.69) is 5.32 Å². The smallest absolute Gasteiger partial charge is 0.244 e. The van der Waals surface area contributed by atoms with Crippen molar-refractivity contribution in [1.82, 2.24) is 4.90 Å². The third kappa shape index (κ3) is 5.57. The van der Waals surface area contributed by atoms with E-state index in [4.69, 9.17) is 0 Å². The Morgan fingerprint density at radius 1 is 1.00 bits per heavy atom. The first-order chi connectivity index (χ1) is 11.8. The van der Waals surface area contributed by atoms with Crippen LogP contribution in [-0.2, 0) is 16.1 Å². The van der Waals surface area contributed by atoms with Crippen LogP contribution < -0.4 is 5.32 Å². The van der Waals surface area contributed by atoms with Crippen molar-refractivity contribution in [3.05, 3.63) is 65.2 Å². The van der Waals surface area contributed by atoms with Gasteiger partial charge in [-0.1, -0.05) is 42.0 Å². The van der Waals surface area contributed by atoms with Gasteiger partial charge in [-0.15, -0.1) is 0 Å². The molecule has 2 amide bonds. The molecule has 5 heteroatoms. The second-order valence-corrected chi connectivity index (χ2v) is 6.05. The van der Waals surface area contributed by atoms with Crippen LogP contribution >= 0.6 is 0 Å². The summed E-state index contributed by atoms with van der Waals surface area (Å²) in [5, 5.41) is 2.73. The summed E-state index contributed by atoms with van der Waals surface area (Å²) in [5.74, 6) is -0.543. The lowest BCUT2D eigenvalue weighted by Gasteiger charge is -2.21. The van der Waals surface area contributed by atoms with Crippen LogP contribution in [0.5, 0.6) is 0 Å². The van der Waals surface area contributed by atoms with Crippen LogP contribution in [0.15, 0.2) is 48.5 Å². The first-order valence-corrected chi connectivity index (χ1v) is 8.07. The Hall–Kier alpha value is -2.95. The van der Waals surface area contributed by atoms with Crippen molar-refractivity contribution < 1.29 is 14.4 Å². The summed E-state index contributed by atoms with van der Waals surface area (Å²) >= 11 is 0. The molecular formula is C20H22N2O3. The number of benzene rings is 2. The van der Waals surface area contributed by atoms with Gasteiger partial charge >= 0.3 is 0 Å². The summed E-state index contributed by atoms with van der Waals surface area (Å²) in [6.45, 7) is 5.22. The second kappa shape index (κ2) is 8.24. The van der Waals surface area contributed by atoms with Gasteiger partial charge in [0.05, 0.1) is 0 Å². The highest BCUT2D eigenvalue weighted by Crippen LogP contribution is 2.12. The fourth-order valence-corrected chi connectivity index (χ4v) is 2.50. The molecule has 130 valence electrons. The number of carbonyl (C=O) groups excluding carboxylic acids is 3. The lowest BCUT2D eigenvalue weighted by molar-refractivity contribution is -0.133. The van der Waals surface area contributed by atoms with Crippen LogP contribution in [-0.4, -0.2) is 29.0 Å². The molecule has 0 aliphatic heterocycles. The standard InChI is InChI=1S/C20H22N2O3/c1-14-6-4-7-17(10-14)12-22(16(3)24)13-20(25)21-19-9-5-8-18(11-19)15(2)23/h4-11H,12-13H2,1-3H3,(H,21,25). The molecule has 2 aromatic carbocycles. The quantitative estimate of drug-likeness (QED) is 0.823. The first kappa shape index (κ1) is 18.4. The van der Waals surface area contributed by atoms with Gasteiger partial charge in [-0.3, -0.25) is 14.4 Å². The van der Waals surface area contributed by atoms with Crippen molar-refractivity contribution in [3.8, 4) is 0 Å². The van der Waals surface area contributed by atoms with Crippen LogP contribution in [0.4, 0.5) is 5.69 Å². The van der Waals surface area contributed by atoms with Gasteiger partial charge < -0.3 is 10.2 Å². The van der Waals surface area contributed by atoms with E-state index in [0.29, 0.717) is 17.8 Å². The number of rotatable bonds is 6. The summed E-state index contributed by atoms with van der Waals surface area (Å²) in [6, 6.07) is 14.6. The summed E-state index contributed by atoms with van der Waals surface area (Å²) < 4.78 is 0. The molecule has 2 rings (SSSR count). The first-order valence-electron chi connectivity index (χ1n) is 8.07. The van der Waals surface area contributed by atoms with E-state index in [0.717, 1.165) is 11.1 Å². The Morgan fingerprint density at radius 2 is 1.72 bits per heavy atom. The Bertz CT molecular complexity index is 799. The highest BCUT2D eigenvalue weighted by atomic mass is 16.2. The van der Waals surface area contributed by atoms with Crippen LogP contribution in [0.3, 0.4) is 0 Å². The summed E-state index contributed by atoms with van der Waals surface area (Å²) in [5.41, 5.74) is 3.14. The molecule has 0 saturated carbocycles. The van der Waals surface area contributed by atoms with Gasteiger partial charge in [0, 0.05) is 24.7 Å². The average Bonchev–Trinajstić information content (AvgIpc) is 2.54. The molecule has 0 radical (unpaired) electrons. The zero-order valence-corrected chi connectivity index (χ0v) is 14.7. The number of amides is 2. The normalized spacial score (nSPS) is 10.2. The Labute approximate surface area is 147 Å². The molecule has 0 aliphatic rings. The summed E-state index contributed by atoms with van der Waals surface area (Å²) in [4.78, 5) is 37.0. The number of anilines is 1. The third-order valence-electron chi connectivity index (χ3n) is 3.79. The van der Waals surface area contributed by atoms with Gasteiger partial charge in [-0.05, 0) is 31.5 Å². The highest BCUT2D eigenvalue weighted by molar-refractivity contribution is 5.98. The number of nitrogens with zero attached hydrogens (tertiary/aromatic N) is 1. The largest absolute Gasteiger partial charge is 0.329 e. The molecule has 0 atom stereocenters. The predicted octanol–water partition coefficient (Wildman–Crippen LogP) is 3.18. The molecule has 0 fully saturated rings. The maximum absolute atomic E-state index is 12.3. The van der Waals surface area contributed by atoms with Crippen molar-refractivity contribution in [1.29, 1.82) is 0 Å². The lowest BCUT2D eigenvalue weighted by Crippen LogP contribution is -2.36. The fourth-order valence-electron chi connectivity index (χ4n) is 2.50. The predicted molar refractivity (Wildman–Crippen MR) is 97.3 cm³/mol. The second-order valence-electron chi connectivity index (χ2n) is 6.05. The minimum Gasteiger partial charge on any atom is -0.329 e. The van der Waals surface area contributed by atoms with E-state index in [1.807, 2.05) is 31.2 Å². The molecule has 0 bridgehead atoms. The van der Waals surface area contributed by atoms with Crippen molar-refractivity contribution in [2.75, 3.05) is 11.9 Å². The number of nitrogens with one attached hydrogen (secondary N) is 1. The van der Waals surface area contributed by atoms with Crippen LogP contribution in [0.2, 0.25) is 0 Å². The Morgan fingerprint density at radius 3 is 2.36 bits per heavy atom. The molecule has 0 aliphatic carbocycles. The van der Waals surface area contributed by atoms with E-state index < -0.39 is 0 Å². The monoisotopic (exact) mass is 338 g/mol. The van der Waals surface area contributed by atoms with Gasteiger partial charge in [0.2, 0.25) is 11.8 Å². The zero-order valence-electron chi connectivity index (χ0n) is 14.7. The van der Waals surface area contributed by atoms with E-state index >= 15 is 0 Å². The van der Waals surface area contributed by atoms with Crippen molar-refractivity contribution >= 4 is 23.3 Å². The Kier molecular flexibility index (Phi) is 6.06. The number of Topliss-reactive ketones (excluding diaryl/α,β-unsaturated/α-hetero) is 1. The molecule has 2 aromatic rings. The number of hydrogen-bond donors (Lipinski definition) is 1. The maximum Gasteiger partial charge on any atom is 0.244 e. The van der Waals surface area contributed by atoms with Gasteiger partial charge in [0.1, 0.15) is 6.54 Å². The summed E-state index contributed by atoms with van der Waals surface area (Å²) in [7, 11) is 0. The topological polar surface area (TPSA) is 66.5 Å². The Balaban J connectivity index is 2.04. The molecular weight excluding hydrogens is 316 g/mol. The van der Waals surface area contributed by atoms with Crippen LogP contribution in [0, 0.1) is 6.92 Å². The van der Waals surface area contributed by atoms with Gasteiger partial charge in [-0.25, -0.2) is 0 Å². The molecule has 0 spiro atoms. The number of hydrogen-bond acceptors (Lipinski definition) is 3. The van der Waals surface area contributed by atoms with Gasteiger partial charge in [0.25, 0.3) is 0 Å². The SMILES string of the molecule is CC(=O)c1cccc(NC(=O)CN(Cc2cccc(C)c2)C(C)=O)c1.